The molecule has 0 saturated carbocycles. The minimum atomic E-state index is -0.229. The van der Waals surface area contributed by atoms with Gasteiger partial charge in [-0.25, -0.2) is 9.37 Å². The lowest BCUT2D eigenvalue weighted by molar-refractivity contribution is 0.241. The average molecular weight is 305 g/mol. The molecule has 0 atom stereocenters. The zero-order chi connectivity index (χ0) is 14.8. The van der Waals surface area contributed by atoms with E-state index in [1.165, 1.54) is 23.9 Å². The maximum Gasteiger partial charge on any atom is 0.256 e. The Hall–Kier alpha value is -1.66. The van der Waals surface area contributed by atoms with Crippen molar-refractivity contribution < 1.29 is 4.39 Å². The van der Waals surface area contributed by atoms with Crippen molar-refractivity contribution in [1.29, 1.82) is 0 Å². The van der Waals surface area contributed by atoms with Gasteiger partial charge in [-0.3, -0.25) is 9.69 Å². The molecule has 0 unspecified atom stereocenters. The van der Waals surface area contributed by atoms with Crippen LogP contribution in [0.15, 0.2) is 34.2 Å². The molecule has 0 aliphatic carbocycles. The van der Waals surface area contributed by atoms with Crippen LogP contribution in [0.4, 0.5) is 4.39 Å². The predicted molar refractivity (Wildman–Crippen MR) is 80.9 cm³/mol. The Labute approximate surface area is 126 Å². The van der Waals surface area contributed by atoms with Gasteiger partial charge >= 0.3 is 0 Å². The second-order valence-electron chi connectivity index (χ2n) is 5.09. The first kappa shape index (κ1) is 14.3. The van der Waals surface area contributed by atoms with Crippen LogP contribution in [0.2, 0.25) is 0 Å². The molecule has 0 amide bonds. The van der Waals surface area contributed by atoms with Gasteiger partial charge in [-0.15, -0.1) is 0 Å². The molecule has 0 saturated heterocycles. The summed E-state index contributed by atoms with van der Waals surface area (Å²) in [7, 11) is 0. The maximum absolute atomic E-state index is 12.9. The van der Waals surface area contributed by atoms with Crippen LogP contribution < -0.4 is 5.56 Å². The summed E-state index contributed by atoms with van der Waals surface area (Å²) in [5.74, 6) is -0.229. The van der Waals surface area contributed by atoms with Crippen molar-refractivity contribution in [3.05, 3.63) is 57.3 Å². The lowest BCUT2D eigenvalue weighted by Gasteiger charge is -2.27. The molecule has 6 heteroatoms. The minimum Gasteiger partial charge on any atom is -0.301 e. The van der Waals surface area contributed by atoms with Crippen LogP contribution in [0.3, 0.4) is 0 Å². The van der Waals surface area contributed by atoms with Gasteiger partial charge in [0, 0.05) is 26.1 Å². The van der Waals surface area contributed by atoms with E-state index in [4.69, 9.17) is 0 Å². The largest absolute Gasteiger partial charge is 0.301 e. The number of rotatable bonds is 3. The molecule has 1 aliphatic heterocycles. The van der Waals surface area contributed by atoms with E-state index in [2.05, 4.69) is 14.9 Å². The molecule has 0 radical (unpaired) electrons. The Balaban J connectivity index is 1.78. The standard InChI is InChI=1S/C15H16FN3OS/c1-21-15-17-13-6-7-19(9-12(13)14(20)18-15)8-10-2-4-11(16)5-3-10/h2-5H,6-9H2,1H3,(H,17,18,20). The van der Waals surface area contributed by atoms with Crippen LogP contribution in [0, 0.1) is 5.82 Å². The number of benzene rings is 1. The smallest absolute Gasteiger partial charge is 0.256 e. The van der Waals surface area contributed by atoms with Crippen molar-refractivity contribution in [2.75, 3.05) is 12.8 Å². The van der Waals surface area contributed by atoms with E-state index in [-0.39, 0.29) is 11.4 Å². The summed E-state index contributed by atoms with van der Waals surface area (Å²) < 4.78 is 12.9. The number of aromatic nitrogens is 2. The first-order chi connectivity index (χ1) is 10.2. The second kappa shape index (κ2) is 5.99. The van der Waals surface area contributed by atoms with E-state index >= 15 is 0 Å². The van der Waals surface area contributed by atoms with Gasteiger partial charge in [0.15, 0.2) is 5.16 Å². The molecule has 1 aliphatic rings. The lowest BCUT2D eigenvalue weighted by atomic mass is 10.1. The van der Waals surface area contributed by atoms with E-state index in [0.29, 0.717) is 18.2 Å². The molecule has 0 bridgehead atoms. The van der Waals surface area contributed by atoms with Crippen LogP contribution >= 0.6 is 11.8 Å². The predicted octanol–water partition coefficient (Wildman–Crippen LogP) is 2.19. The van der Waals surface area contributed by atoms with Crippen molar-refractivity contribution in [2.24, 2.45) is 0 Å². The average Bonchev–Trinajstić information content (AvgIpc) is 2.50. The summed E-state index contributed by atoms with van der Waals surface area (Å²) in [4.78, 5) is 21.6. The Bertz CT molecular complexity index is 699. The van der Waals surface area contributed by atoms with Crippen LogP contribution in [0.25, 0.3) is 0 Å². The highest BCUT2D eigenvalue weighted by atomic mass is 32.2. The normalized spacial score (nSPS) is 15.0. The van der Waals surface area contributed by atoms with E-state index in [1.807, 2.05) is 6.26 Å². The number of hydrogen-bond donors (Lipinski definition) is 1. The third-order valence-electron chi connectivity index (χ3n) is 3.64. The number of nitrogens with one attached hydrogen (secondary N) is 1. The Morgan fingerprint density at radius 3 is 2.86 bits per heavy atom. The van der Waals surface area contributed by atoms with Crippen LogP contribution in [0.5, 0.6) is 0 Å². The molecule has 1 aromatic heterocycles. The van der Waals surface area contributed by atoms with Gasteiger partial charge in [-0.2, -0.15) is 0 Å². The van der Waals surface area contributed by atoms with Gasteiger partial charge in [0.1, 0.15) is 5.82 Å². The summed E-state index contributed by atoms with van der Waals surface area (Å²) in [5, 5.41) is 0.672. The number of hydrogen-bond acceptors (Lipinski definition) is 4. The molecule has 4 nitrogen and oxygen atoms in total. The Morgan fingerprint density at radius 1 is 1.38 bits per heavy atom. The molecule has 0 fully saturated rings. The fourth-order valence-corrected chi connectivity index (χ4v) is 2.93. The van der Waals surface area contributed by atoms with Gasteiger partial charge in [0.05, 0.1) is 11.3 Å². The third-order valence-corrected chi connectivity index (χ3v) is 4.22. The van der Waals surface area contributed by atoms with Crippen LogP contribution in [0.1, 0.15) is 16.8 Å². The number of thioether (sulfide) groups is 1. The SMILES string of the molecule is CSc1nc2c(c(=O)[nH]1)CN(Cc1ccc(F)cc1)CC2. The number of fused-ring (bicyclic) bond motifs is 1. The minimum absolute atomic E-state index is 0.0480. The van der Waals surface area contributed by atoms with Gasteiger partial charge in [0.2, 0.25) is 0 Å². The van der Waals surface area contributed by atoms with E-state index in [9.17, 15) is 9.18 Å². The molecule has 21 heavy (non-hydrogen) atoms. The van der Waals surface area contributed by atoms with Crippen molar-refractivity contribution in [2.45, 2.75) is 24.7 Å². The molecule has 110 valence electrons. The summed E-state index contributed by atoms with van der Waals surface area (Å²) >= 11 is 1.44. The van der Waals surface area contributed by atoms with Gasteiger partial charge in [-0.1, -0.05) is 23.9 Å². The number of halogens is 1. The number of aromatic amines is 1. The quantitative estimate of drug-likeness (QED) is 0.697. The monoisotopic (exact) mass is 305 g/mol. The first-order valence-corrected chi connectivity index (χ1v) is 8.01. The van der Waals surface area contributed by atoms with Crippen molar-refractivity contribution in [1.82, 2.24) is 14.9 Å². The summed E-state index contributed by atoms with van der Waals surface area (Å²) in [5.41, 5.74) is 2.65. The Kier molecular flexibility index (Phi) is 4.07. The highest BCUT2D eigenvalue weighted by Gasteiger charge is 2.21. The molecule has 1 N–H and O–H groups in total. The van der Waals surface area contributed by atoms with Gasteiger partial charge in [0.25, 0.3) is 5.56 Å². The van der Waals surface area contributed by atoms with E-state index in [1.54, 1.807) is 12.1 Å². The molecule has 3 rings (SSSR count). The summed E-state index contributed by atoms with van der Waals surface area (Å²) in [6.07, 6.45) is 2.67. The highest BCUT2D eigenvalue weighted by molar-refractivity contribution is 7.98. The fourth-order valence-electron chi connectivity index (χ4n) is 2.54. The second-order valence-corrected chi connectivity index (χ2v) is 5.88. The fraction of sp³-hybridized carbons (Fsp3) is 0.333. The first-order valence-electron chi connectivity index (χ1n) is 6.78. The van der Waals surface area contributed by atoms with Gasteiger partial charge in [-0.05, 0) is 24.0 Å². The van der Waals surface area contributed by atoms with Crippen molar-refractivity contribution in [3.63, 3.8) is 0 Å². The van der Waals surface area contributed by atoms with E-state index in [0.717, 1.165) is 29.8 Å². The highest BCUT2D eigenvalue weighted by Crippen LogP contribution is 2.18. The number of nitrogens with zero attached hydrogens (tertiary/aromatic N) is 2. The summed E-state index contributed by atoms with van der Waals surface area (Å²) in [6, 6.07) is 6.49. The molecule has 1 aromatic carbocycles. The zero-order valence-electron chi connectivity index (χ0n) is 11.7. The van der Waals surface area contributed by atoms with Crippen LogP contribution in [-0.4, -0.2) is 27.7 Å². The van der Waals surface area contributed by atoms with Crippen molar-refractivity contribution in [3.8, 4) is 0 Å². The molecular weight excluding hydrogens is 289 g/mol. The Morgan fingerprint density at radius 2 is 2.14 bits per heavy atom. The van der Waals surface area contributed by atoms with Crippen LogP contribution in [-0.2, 0) is 19.5 Å². The third kappa shape index (κ3) is 3.16. The summed E-state index contributed by atoms with van der Waals surface area (Å²) in [6.45, 7) is 2.15. The zero-order valence-corrected chi connectivity index (χ0v) is 12.5. The molecular formula is C15H16FN3OS. The maximum atomic E-state index is 12.9. The topological polar surface area (TPSA) is 49.0 Å². The van der Waals surface area contributed by atoms with Gasteiger partial charge < -0.3 is 4.98 Å². The lowest BCUT2D eigenvalue weighted by Crippen LogP contribution is -2.35. The molecule has 2 heterocycles. The molecule has 2 aromatic rings. The van der Waals surface area contributed by atoms with E-state index < -0.39 is 0 Å². The molecule has 0 spiro atoms. The van der Waals surface area contributed by atoms with Crippen molar-refractivity contribution >= 4 is 11.8 Å². The number of H-pyrrole nitrogens is 1.